The molecule has 4 heteroatoms. The van der Waals surface area contributed by atoms with Crippen LogP contribution in [0.5, 0.6) is 0 Å². The van der Waals surface area contributed by atoms with Crippen LogP contribution in [0.1, 0.15) is 6.42 Å². The number of hydrogen-bond donors (Lipinski definition) is 0. The SMILES string of the molecule is C=C(C=O)C1CCS(=O)(=O)C1. The Hall–Kier alpha value is -0.640. The first-order valence-corrected chi connectivity index (χ1v) is 5.22. The van der Waals surface area contributed by atoms with Gasteiger partial charge in [0, 0.05) is 5.92 Å². The Balaban J connectivity index is 2.69. The highest BCUT2D eigenvalue weighted by molar-refractivity contribution is 7.91. The highest BCUT2D eigenvalue weighted by atomic mass is 32.2. The van der Waals surface area contributed by atoms with Gasteiger partial charge < -0.3 is 0 Å². The lowest BCUT2D eigenvalue weighted by Crippen LogP contribution is -2.07. The van der Waals surface area contributed by atoms with Crippen LogP contribution in [0.15, 0.2) is 12.2 Å². The zero-order valence-electron chi connectivity index (χ0n) is 6.12. The second kappa shape index (κ2) is 2.77. The molecule has 1 rings (SSSR count). The van der Waals surface area contributed by atoms with Gasteiger partial charge in [-0.05, 0) is 12.0 Å². The molecule has 0 saturated carbocycles. The Morgan fingerprint density at radius 2 is 2.18 bits per heavy atom. The molecule has 1 heterocycles. The van der Waals surface area contributed by atoms with Gasteiger partial charge in [-0.2, -0.15) is 0 Å². The fourth-order valence-corrected chi connectivity index (χ4v) is 2.99. The molecule has 0 aliphatic carbocycles. The average Bonchev–Trinajstić information content (AvgIpc) is 2.29. The van der Waals surface area contributed by atoms with E-state index in [9.17, 15) is 13.2 Å². The molecule has 0 aromatic carbocycles. The maximum atomic E-state index is 10.9. The molecule has 1 saturated heterocycles. The van der Waals surface area contributed by atoms with Gasteiger partial charge in [-0.25, -0.2) is 8.42 Å². The first-order chi connectivity index (χ1) is 5.05. The summed E-state index contributed by atoms with van der Waals surface area (Å²) < 4.78 is 21.8. The number of aldehydes is 1. The van der Waals surface area contributed by atoms with Crippen LogP contribution in [-0.2, 0) is 14.6 Å². The molecule has 0 bridgehead atoms. The highest BCUT2D eigenvalue weighted by Gasteiger charge is 2.29. The number of carbonyl (C=O) groups excluding carboxylic acids is 1. The maximum Gasteiger partial charge on any atom is 0.150 e. The molecule has 0 radical (unpaired) electrons. The van der Waals surface area contributed by atoms with Gasteiger partial charge >= 0.3 is 0 Å². The van der Waals surface area contributed by atoms with Crippen molar-refractivity contribution < 1.29 is 13.2 Å². The largest absolute Gasteiger partial charge is 0.298 e. The van der Waals surface area contributed by atoms with Gasteiger partial charge in [0.2, 0.25) is 0 Å². The lowest BCUT2D eigenvalue weighted by Gasteiger charge is -2.02. The lowest BCUT2D eigenvalue weighted by atomic mass is 10.0. The van der Waals surface area contributed by atoms with Crippen molar-refractivity contribution in [1.82, 2.24) is 0 Å². The Bertz CT molecular complexity index is 276. The summed E-state index contributed by atoms with van der Waals surface area (Å²) in [6, 6.07) is 0. The Labute approximate surface area is 66.0 Å². The first kappa shape index (κ1) is 8.46. The van der Waals surface area contributed by atoms with E-state index in [1.165, 1.54) is 0 Å². The van der Waals surface area contributed by atoms with Crippen LogP contribution < -0.4 is 0 Å². The zero-order valence-corrected chi connectivity index (χ0v) is 6.93. The summed E-state index contributed by atoms with van der Waals surface area (Å²) in [6.45, 7) is 3.49. The van der Waals surface area contributed by atoms with E-state index in [0.29, 0.717) is 18.3 Å². The van der Waals surface area contributed by atoms with Crippen LogP contribution in [-0.4, -0.2) is 26.2 Å². The van der Waals surface area contributed by atoms with Crippen LogP contribution in [0.2, 0.25) is 0 Å². The van der Waals surface area contributed by atoms with Gasteiger partial charge in [-0.1, -0.05) is 6.58 Å². The molecule has 0 amide bonds. The van der Waals surface area contributed by atoms with Gasteiger partial charge in [0.1, 0.15) is 6.29 Å². The second-order valence-electron chi connectivity index (χ2n) is 2.79. The van der Waals surface area contributed by atoms with E-state index in [1.54, 1.807) is 0 Å². The Morgan fingerprint density at radius 1 is 1.55 bits per heavy atom. The summed E-state index contributed by atoms with van der Waals surface area (Å²) in [7, 11) is -2.87. The van der Waals surface area contributed by atoms with Gasteiger partial charge in [0.25, 0.3) is 0 Å². The average molecular weight is 174 g/mol. The maximum absolute atomic E-state index is 10.9. The van der Waals surface area contributed by atoms with Crippen molar-refractivity contribution in [2.75, 3.05) is 11.5 Å². The number of hydrogen-bond acceptors (Lipinski definition) is 3. The zero-order chi connectivity index (χ0) is 8.48. The highest BCUT2D eigenvalue weighted by Crippen LogP contribution is 2.22. The van der Waals surface area contributed by atoms with Gasteiger partial charge in [-0.3, -0.25) is 4.79 Å². The fraction of sp³-hybridized carbons (Fsp3) is 0.571. The van der Waals surface area contributed by atoms with Crippen LogP contribution >= 0.6 is 0 Å². The molecule has 11 heavy (non-hydrogen) atoms. The normalized spacial score (nSPS) is 28.2. The molecule has 3 nitrogen and oxygen atoms in total. The number of allylic oxidation sites excluding steroid dienone is 1. The van der Waals surface area contributed by atoms with Crippen LogP contribution in [0, 0.1) is 5.92 Å². The molecule has 1 aliphatic heterocycles. The van der Waals surface area contributed by atoms with Crippen molar-refractivity contribution in [3.63, 3.8) is 0 Å². The van der Waals surface area contributed by atoms with Crippen molar-refractivity contribution in [1.29, 1.82) is 0 Å². The molecule has 1 atom stereocenters. The van der Waals surface area contributed by atoms with Crippen LogP contribution in [0.25, 0.3) is 0 Å². The van der Waals surface area contributed by atoms with E-state index in [4.69, 9.17) is 0 Å². The molecule has 1 unspecified atom stereocenters. The molecule has 1 fully saturated rings. The van der Waals surface area contributed by atoms with Crippen molar-refractivity contribution in [2.24, 2.45) is 5.92 Å². The lowest BCUT2D eigenvalue weighted by molar-refractivity contribution is -0.105. The standard InChI is InChI=1S/C7H10O3S/c1-6(4-8)7-2-3-11(9,10)5-7/h4,7H,1-3,5H2. The Morgan fingerprint density at radius 3 is 2.55 bits per heavy atom. The third-order valence-corrected chi connectivity index (χ3v) is 3.68. The van der Waals surface area contributed by atoms with Gasteiger partial charge in [-0.15, -0.1) is 0 Å². The fourth-order valence-electron chi connectivity index (χ4n) is 1.18. The molecule has 62 valence electrons. The minimum absolute atomic E-state index is 0.102. The van der Waals surface area contributed by atoms with Crippen molar-refractivity contribution in [2.45, 2.75) is 6.42 Å². The van der Waals surface area contributed by atoms with E-state index in [0.717, 1.165) is 0 Å². The van der Waals surface area contributed by atoms with E-state index in [1.807, 2.05) is 0 Å². The topological polar surface area (TPSA) is 51.2 Å². The molecular weight excluding hydrogens is 164 g/mol. The molecule has 0 aromatic rings. The minimum Gasteiger partial charge on any atom is -0.298 e. The summed E-state index contributed by atoms with van der Waals surface area (Å²) >= 11 is 0. The predicted octanol–water partition coefficient (Wildman–Crippen LogP) is 0.176. The number of sulfone groups is 1. The third-order valence-electron chi connectivity index (χ3n) is 1.91. The molecule has 1 aliphatic rings. The minimum atomic E-state index is -2.87. The second-order valence-corrected chi connectivity index (χ2v) is 5.02. The molecular formula is C7H10O3S. The van der Waals surface area contributed by atoms with E-state index >= 15 is 0 Å². The van der Waals surface area contributed by atoms with E-state index in [2.05, 4.69) is 6.58 Å². The summed E-state index contributed by atoms with van der Waals surface area (Å²) in [5, 5.41) is 0. The van der Waals surface area contributed by atoms with Crippen molar-refractivity contribution in [3.8, 4) is 0 Å². The summed E-state index contributed by atoms with van der Waals surface area (Å²) in [6.07, 6.45) is 1.20. The number of rotatable bonds is 2. The van der Waals surface area contributed by atoms with Crippen molar-refractivity contribution in [3.05, 3.63) is 12.2 Å². The molecule has 0 spiro atoms. The summed E-state index contributed by atoms with van der Waals surface area (Å²) in [5.41, 5.74) is 0.408. The first-order valence-electron chi connectivity index (χ1n) is 3.39. The van der Waals surface area contributed by atoms with E-state index < -0.39 is 9.84 Å². The number of carbonyl (C=O) groups is 1. The molecule has 0 N–H and O–H groups in total. The quantitative estimate of drug-likeness (QED) is 0.443. The summed E-state index contributed by atoms with van der Waals surface area (Å²) in [4.78, 5) is 10.2. The smallest absolute Gasteiger partial charge is 0.150 e. The van der Waals surface area contributed by atoms with Crippen LogP contribution in [0.3, 0.4) is 0 Å². The Kier molecular flexibility index (Phi) is 2.13. The van der Waals surface area contributed by atoms with Gasteiger partial charge in [0.15, 0.2) is 9.84 Å². The summed E-state index contributed by atoms with van der Waals surface area (Å²) in [5.74, 6) is 0.173. The third kappa shape index (κ3) is 1.89. The predicted molar refractivity (Wildman–Crippen MR) is 42.0 cm³/mol. The van der Waals surface area contributed by atoms with Crippen LogP contribution in [0.4, 0.5) is 0 Å². The van der Waals surface area contributed by atoms with Crippen molar-refractivity contribution >= 4 is 16.1 Å². The monoisotopic (exact) mass is 174 g/mol. The van der Waals surface area contributed by atoms with E-state index in [-0.39, 0.29) is 17.4 Å². The molecule has 0 aromatic heterocycles. The van der Waals surface area contributed by atoms with Gasteiger partial charge in [0.05, 0.1) is 11.5 Å².